The quantitative estimate of drug-likeness (QED) is 0.575. The maximum absolute atomic E-state index is 14.2. The molecular formula is C20H25O5P. The first kappa shape index (κ1) is 18.9. The second-order valence-electron chi connectivity index (χ2n) is 7.14. The first-order valence-corrected chi connectivity index (χ1v) is 11.0. The predicted octanol–water partition coefficient (Wildman–Crippen LogP) is 3.93. The Morgan fingerprint density at radius 2 is 1.69 bits per heavy atom. The molecule has 6 heteroatoms. The average molecular weight is 376 g/mol. The van der Waals surface area contributed by atoms with E-state index in [2.05, 4.69) is 0 Å². The van der Waals surface area contributed by atoms with Crippen LogP contribution in [0.3, 0.4) is 0 Å². The smallest absolute Gasteiger partial charge is 0.317 e. The summed E-state index contributed by atoms with van der Waals surface area (Å²) in [5, 5.41) is 0.735. The van der Waals surface area contributed by atoms with Gasteiger partial charge in [0.05, 0.1) is 19.1 Å². The number of rotatable bonds is 5. The SMILES string of the molecule is CCOC(=O)[C@@H]1[C@@H](C(=O)OCC)[P@@]2(=O)C[C@]1(C)C(C)=C2c1ccccc1. The second-order valence-corrected chi connectivity index (χ2v) is 10.0. The van der Waals surface area contributed by atoms with Crippen molar-refractivity contribution in [1.29, 1.82) is 0 Å². The van der Waals surface area contributed by atoms with Crippen molar-refractivity contribution in [2.75, 3.05) is 19.4 Å². The third kappa shape index (κ3) is 2.56. The number of hydrogen-bond donors (Lipinski definition) is 0. The molecule has 0 N–H and O–H groups in total. The molecule has 1 aromatic carbocycles. The van der Waals surface area contributed by atoms with Crippen LogP contribution in [0.25, 0.3) is 5.31 Å². The molecule has 2 aliphatic heterocycles. The first-order chi connectivity index (χ1) is 12.3. The first-order valence-electron chi connectivity index (χ1n) is 9.00. The van der Waals surface area contributed by atoms with Gasteiger partial charge < -0.3 is 14.0 Å². The van der Waals surface area contributed by atoms with Gasteiger partial charge in [0, 0.05) is 16.9 Å². The minimum Gasteiger partial charge on any atom is -0.466 e. The molecule has 0 amide bonds. The predicted molar refractivity (Wildman–Crippen MR) is 100 cm³/mol. The van der Waals surface area contributed by atoms with Gasteiger partial charge in [-0.3, -0.25) is 9.59 Å². The zero-order valence-electron chi connectivity index (χ0n) is 15.7. The standard InChI is InChI=1S/C20H25O5P/c1-5-24-18(21)15-17(19(22)25-6-2)26(23)12-20(15,4)13(3)16(26)14-10-8-7-9-11-14/h7-11,15,17H,5-6,12H2,1-4H3/t15-,17-,20+,26+/m0/s1. The number of carbonyl (C=O) groups is 2. The summed E-state index contributed by atoms with van der Waals surface area (Å²) in [5.41, 5.74) is 0.148. The van der Waals surface area contributed by atoms with Crippen molar-refractivity contribution in [3.8, 4) is 0 Å². The monoisotopic (exact) mass is 376 g/mol. The summed E-state index contributed by atoms with van der Waals surface area (Å²) in [4.78, 5) is 25.5. The number of hydrogen-bond acceptors (Lipinski definition) is 5. The molecule has 3 rings (SSSR count). The van der Waals surface area contributed by atoms with Crippen LogP contribution >= 0.6 is 7.14 Å². The molecule has 1 aromatic rings. The minimum absolute atomic E-state index is 0.185. The van der Waals surface area contributed by atoms with Gasteiger partial charge >= 0.3 is 11.9 Å². The van der Waals surface area contributed by atoms with Crippen molar-refractivity contribution < 1.29 is 23.6 Å². The summed E-state index contributed by atoms with van der Waals surface area (Å²) in [6.07, 6.45) is 0.309. The van der Waals surface area contributed by atoms with Crippen LogP contribution in [0, 0.1) is 11.3 Å². The Morgan fingerprint density at radius 3 is 2.27 bits per heavy atom. The lowest BCUT2D eigenvalue weighted by Gasteiger charge is -2.35. The average Bonchev–Trinajstić information content (AvgIpc) is 2.96. The van der Waals surface area contributed by atoms with Gasteiger partial charge in [-0.05, 0) is 26.3 Å². The Morgan fingerprint density at radius 1 is 1.12 bits per heavy atom. The van der Waals surface area contributed by atoms with Crippen molar-refractivity contribution in [2.45, 2.75) is 33.4 Å². The fraction of sp³-hybridized carbons (Fsp3) is 0.500. The summed E-state index contributed by atoms with van der Waals surface area (Å²) in [5.74, 6) is -1.78. The lowest BCUT2D eigenvalue weighted by atomic mass is 9.71. The topological polar surface area (TPSA) is 69.7 Å². The molecule has 4 atom stereocenters. The second kappa shape index (κ2) is 6.70. The number of allylic oxidation sites excluding steroid dienone is 1. The summed E-state index contributed by atoms with van der Waals surface area (Å²) < 4.78 is 24.6. The van der Waals surface area contributed by atoms with Crippen molar-refractivity contribution in [3.63, 3.8) is 0 Å². The number of benzene rings is 1. The molecule has 0 aromatic heterocycles. The number of carbonyl (C=O) groups excluding carboxylic acids is 2. The summed E-state index contributed by atoms with van der Waals surface area (Å²) in [6, 6.07) is 9.49. The van der Waals surface area contributed by atoms with E-state index in [0.29, 0.717) is 6.16 Å². The van der Waals surface area contributed by atoms with E-state index in [9.17, 15) is 14.2 Å². The van der Waals surface area contributed by atoms with Gasteiger partial charge in [0.1, 0.15) is 12.8 Å². The van der Waals surface area contributed by atoms with Crippen molar-refractivity contribution in [2.24, 2.45) is 11.3 Å². The molecular weight excluding hydrogens is 351 g/mol. The van der Waals surface area contributed by atoms with Gasteiger partial charge in [0.2, 0.25) is 0 Å². The maximum Gasteiger partial charge on any atom is 0.317 e. The Kier molecular flexibility index (Phi) is 4.87. The molecule has 2 aliphatic rings. The Labute approximate surface area is 154 Å². The van der Waals surface area contributed by atoms with E-state index in [1.807, 2.05) is 44.2 Å². The van der Waals surface area contributed by atoms with E-state index in [0.717, 1.165) is 16.5 Å². The highest BCUT2D eigenvalue weighted by Gasteiger charge is 2.70. The van der Waals surface area contributed by atoms with Gasteiger partial charge in [0.15, 0.2) is 0 Å². The lowest BCUT2D eigenvalue weighted by Crippen LogP contribution is -2.43. The van der Waals surface area contributed by atoms with Gasteiger partial charge in [-0.1, -0.05) is 42.8 Å². The van der Waals surface area contributed by atoms with E-state index >= 15 is 0 Å². The van der Waals surface area contributed by atoms with Gasteiger partial charge in [0.25, 0.3) is 0 Å². The molecule has 140 valence electrons. The summed E-state index contributed by atoms with van der Waals surface area (Å²) in [6.45, 7) is 7.69. The van der Waals surface area contributed by atoms with Crippen LogP contribution < -0.4 is 0 Å². The fourth-order valence-corrected chi connectivity index (χ4v) is 9.38. The van der Waals surface area contributed by atoms with Crippen LogP contribution in [0.1, 0.15) is 33.3 Å². The Balaban J connectivity index is 2.19. The van der Waals surface area contributed by atoms with Gasteiger partial charge in [-0.25, -0.2) is 0 Å². The largest absolute Gasteiger partial charge is 0.466 e. The van der Waals surface area contributed by atoms with E-state index in [4.69, 9.17) is 9.47 Å². The highest BCUT2D eigenvalue weighted by atomic mass is 31.2. The lowest BCUT2D eigenvalue weighted by molar-refractivity contribution is -0.156. The van der Waals surface area contributed by atoms with Crippen LogP contribution in [0.5, 0.6) is 0 Å². The molecule has 5 nitrogen and oxygen atoms in total. The molecule has 1 fully saturated rings. The van der Waals surface area contributed by atoms with E-state index in [-0.39, 0.29) is 13.2 Å². The summed E-state index contributed by atoms with van der Waals surface area (Å²) in [7, 11) is -3.16. The molecule has 2 heterocycles. The van der Waals surface area contributed by atoms with Crippen LogP contribution in [0.15, 0.2) is 35.9 Å². The molecule has 0 aliphatic carbocycles. The zero-order valence-corrected chi connectivity index (χ0v) is 16.5. The molecule has 1 saturated heterocycles. The Hall–Kier alpha value is -1.87. The molecule has 2 bridgehead atoms. The number of esters is 2. The van der Waals surface area contributed by atoms with Crippen molar-refractivity contribution in [1.82, 2.24) is 0 Å². The number of ether oxygens (including phenoxy) is 2. The molecule has 0 saturated carbocycles. The van der Waals surface area contributed by atoms with Gasteiger partial charge in [-0.2, -0.15) is 0 Å². The fourth-order valence-electron chi connectivity index (χ4n) is 4.58. The number of fused-ring (bicyclic) bond motifs is 2. The van der Waals surface area contributed by atoms with Crippen LogP contribution in [-0.2, 0) is 23.6 Å². The third-order valence-corrected chi connectivity index (χ3v) is 9.61. The normalized spacial score (nSPS) is 32.6. The van der Waals surface area contributed by atoms with Crippen LogP contribution in [-0.4, -0.2) is 37.0 Å². The van der Waals surface area contributed by atoms with Crippen LogP contribution in [0.2, 0.25) is 0 Å². The van der Waals surface area contributed by atoms with E-state index in [1.165, 1.54) is 0 Å². The molecule has 0 radical (unpaired) electrons. The summed E-state index contributed by atoms with van der Waals surface area (Å²) >= 11 is 0. The minimum atomic E-state index is -3.16. The maximum atomic E-state index is 14.2. The molecule has 0 spiro atoms. The third-order valence-electron chi connectivity index (χ3n) is 5.72. The highest BCUT2D eigenvalue weighted by molar-refractivity contribution is 7.76. The molecule has 0 unspecified atom stereocenters. The van der Waals surface area contributed by atoms with Crippen molar-refractivity contribution >= 4 is 24.4 Å². The molecule has 26 heavy (non-hydrogen) atoms. The van der Waals surface area contributed by atoms with Crippen molar-refractivity contribution in [3.05, 3.63) is 41.5 Å². The highest BCUT2D eigenvalue weighted by Crippen LogP contribution is 2.81. The van der Waals surface area contributed by atoms with E-state index in [1.54, 1.807) is 13.8 Å². The van der Waals surface area contributed by atoms with Crippen LogP contribution in [0.4, 0.5) is 0 Å². The van der Waals surface area contributed by atoms with E-state index < -0.39 is 36.1 Å². The van der Waals surface area contributed by atoms with Gasteiger partial charge in [-0.15, -0.1) is 0 Å². The Bertz CT molecular complexity index is 813. The zero-order chi connectivity index (χ0) is 19.1.